The van der Waals surface area contributed by atoms with E-state index in [1.807, 2.05) is 37.3 Å². The van der Waals surface area contributed by atoms with Crippen LogP contribution in [-0.4, -0.2) is 28.9 Å². The van der Waals surface area contributed by atoms with Crippen LogP contribution in [0.2, 0.25) is 5.02 Å². The van der Waals surface area contributed by atoms with Crippen LogP contribution in [0, 0.1) is 6.92 Å². The van der Waals surface area contributed by atoms with Crippen molar-refractivity contribution in [2.45, 2.75) is 13.0 Å². The maximum Gasteiger partial charge on any atom is 0.301 e. The van der Waals surface area contributed by atoms with Gasteiger partial charge in [-0.3, -0.25) is 14.5 Å². The van der Waals surface area contributed by atoms with Crippen molar-refractivity contribution in [3.63, 3.8) is 0 Å². The molecule has 1 atom stereocenters. The second kappa shape index (κ2) is 8.59. The van der Waals surface area contributed by atoms with Gasteiger partial charge in [0, 0.05) is 10.6 Å². The molecule has 1 aromatic heterocycles. The number of amides is 1. The van der Waals surface area contributed by atoms with Gasteiger partial charge < -0.3 is 9.84 Å². The number of ether oxygens (including phenoxy) is 1. The molecule has 0 bridgehead atoms. The predicted octanol–water partition coefficient (Wildman–Crippen LogP) is 5.89. The molecule has 8 heteroatoms. The van der Waals surface area contributed by atoms with Gasteiger partial charge in [0.25, 0.3) is 5.78 Å². The van der Waals surface area contributed by atoms with E-state index in [0.29, 0.717) is 32.5 Å². The summed E-state index contributed by atoms with van der Waals surface area (Å²) in [6, 6.07) is 18.6. The van der Waals surface area contributed by atoms with E-state index in [1.54, 1.807) is 43.5 Å². The quantitative estimate of drug-likeness (QED) is 0.219. The van der Waals surface area contributed by atoms with Crippen molar-refractivity contribution in [2.24, 2.45) is 0 Å². The lowest BCUT2D eigenvalue weighted by Gasteiger charge is -2.23. The molecule has 4 aromatic rings. The molecule has 1 saturated heterocycles. The summed E-state index contributed by atoms with van der Waals surface area (Å²) >= 11 is 7.27. The molecule has 0 spiro atoms. The number of hydrogen-bond acceptors (Lipinski definition) is 6. The first-order chi connectivity index (χ1) is 16.4. The number of carbonyl (C=O) groups is 2. The van der Waals surface area contributed by atoms with Gasteiger partial charge in [0.1, 0.15) is 11.5 Å². The average molecular weight is 491 g/mol. The maximum atomic E-state index is 13.3. The van der Waals surface area contributed by atoms with Crippen molar-refractivity contribution in [3.8, 4) is 5.75 Å². The summed E-state index contributed by atoms with van der Waals surface area (Å²) in [5.74, 6) is -1.10. The van der Waals surface area contributed by atoms with Gasteiger partial charge >= 0.3 is 5.91 Å². The second-order valence-corrected chi connectivity index (χ2v) is 9.36. The number of nitrogens with zero attached hydrogens (tertiary/aromatic N) is 2. The Labute approximate surface area is 204 Å². The summed E-state index contributed by atoms with van der Waals surface area (Å²) in [6.07, 6.45) is 0. The summed E-state index contributed by atoms with van der Waals surface area (Å²) in [7, 11) is 1.58. The van der Waals surface area contributed by atoms with E-state index in [2.05, 4.69) is 4.98 Å². The van der Waals surface area contributed by atoms with Crippen molar-refractivity contribution < 1.29 is 19.4 Å². The molecule has 2 heterocycles. The first kappa shape index (κ1) is 22.1. The summed E-state index contributed by atoms with van der Waals surface area (Å²) in [5.41, 5.74) is 2.81. The molecule has 0 saturated carbocycles. The van der Waals surface area contributed by atoms with E-state index >= 15 is 0 Å². The summed E-state index contributed by atoms with van der Waals surface area (Å²) in [4.78, 5) is 32.6. The molecule has 170 valence electrons. The number of carbonyl (C=O) groups excluding carboxylic acids is 2. The van der Waals surface area contributed by atoms with Gasteiger partial charge in [-0.05, 0) is 55.0 Å². The van der Waals surface area contributed by atoms with Crippen LogP contribution in [0.15, 0.2) is 72.3 Å². The Hall–Kier alpha value is -3.68. The van der Waals surface area contributed by atoms with Crippen LogP contribution in [0.1, 0.15) is 22.7 Å². The number of rotatable bonds is 4. The summed E-state index contributed by atoms with van der Waals surface area (Å²) < 4.78 is 6.11. The first-order valence-corrected chi connectivity index (χ1v) is 11.6. The highest BCUT2D eigenvalue weighted by atomic mass is 35.5. The summed E-state index contributed by atoms with van der Waals surface area (Å²) in [5, 5.41) is 12.0. The van der Waals surface area contributed by atoms with Crippen LogP contribution >= 0.6 is 22.9 Å². The van der Waals surface area contributed by atoms with Gasteiger partial charge in [0.15, 0.2) is 5.13 Å². The van der Waals surface area contributed by atoms with E-state index in [1.165, 1.54) is 16.2 Å². The fourth-order valence-corrected chi connectivity index (χ4v) is 5.13. The van der Waals surface area contributed by atoms with E-state index in [9.17, 15) is 14.7 Å². The van der Waals surface area contributed by atoms with Crippen LogP contribution in [0.3, 0.4) is 0 Å². The SMILES string of the molecule is COc1ccc2nc(N3C(=O)C(=O)/C(=C(/O)c4ccc(Cl)cc4)[C@@H]3c3ccc(C)cc3)sc2c1. The Kier molecular flexibility index (Phi) is 5.59. The van der Waals surface area contributed by atoms with Crippen molar-refractivity contribution >= 4 is 55.7 Å². The van der Waals surface area contributed by atoms with Crippen molar-refractivity contribution in [2.75, 3.05) is 12.0 Å². The molecule has 0 aliphatic carbocycles. The number of aryl methyl sites for hydroxylation is 1. The predicted molar refractivity (Wildman–Crippen MR) is 134 cm³/mol. The van der Waals surface area contributed by atoms with Gasteiger partial charge in [0.05, 0.1) is 28.9 Å². The highest BCUT2D eigenvalue weighted by molar-refractivity contribution is 7.22. The standard InChI is InChI=1S/C26H19ClN2O4S/c1-14-3-5-15(6-4-14)22-21(23(30)16-7-9-17(27)10-8-16)24(31)25(32)29(22)26-28-19-12-11-18(33-2)13-20(19)34-26/h3-13,22,30H,1-2H3/b23-21+/t22-/m0/s1. The normalized spacial score (nSPS) is 17.5. The second-order valence-electron chi connectivity index (χ2n) is 7.92. The lowest BCUT2D eigenvalue weighted by Crippen LogP contribution is -2.29. The molecule has 1 fully saturated rings. The van der Waals surface area contributed by atoms with E-state index in [-0.39, 0.29) is 11.3 Å². The van der Waals surface area contributed by atoms with Gasteiger partial charge in [0.2, 0.25) is 0 Å². The molecular formula is C26H19ClN2O4S. The number of fused-ring (bicyclic) bond motifs is 1. The van der Waals surface area contributed by atoms with Crippen LogP contribution < -0.4 is 9.64 Å². The fraction of sp³-hybridized carbons (Fsp3) is 0.115. The average Bonchev–Trinajstić information content (AvgIpc) is 3.37. The number of aliphatic hydroxyl groups is 1. The Bertz CT molecular complexity index is 1460. The van der Waals surface area contributed by atoms with Crippen molar-refractivity contribution in [1.82, 2.24) is 4.98 Å². The van der Waals surface area contributed by atoms with Gasteiger partial charge in [-0.1, -0.05) is 52.8 Å². The number of Topliss-reactive ketones (excluding diaryl/α,β-unsaturated/α-hetero) is 1. The zero-order valence-electron chi connectivity index (χ0n) is 18.3. The topological polar surface area (TPSA) is 79.7 Å². The lowest BCUT2D eigenvalue weighted by atomic mass is 9.95. The number of methoxy groups -OCH3 is 1. The van der Waals surface area contributed by atoms with Crippen molar-refractivity contribution in [1.29, 1.82) is 0 Å². The fourth-order valence-electron chi connectivity index (χ4n) is 3.98. The number of halogens is 1. The molecule has 34 heavy (non-hydrogen) atoms. The van der Waals surface area contributed by atoms with Crippen LogP contribution in [0.4, 0.5) is 5.13 Å². The number of benzene rings is 3. The largest absolute Gasteiger partial charge is 0.507 e. The van der Waals surface area contributed by atoms with Gasteiger partial charge in [-0.2, -0.15) is 0 Å². The third-order valence-corrected chi connectivity index (χ3v) is 7.02. The molecule has 1 amide bonds. The third kappa shape index (κ3) is 3.73. The third-order valence-electron chi connectivity index (χ3n) is 5.75. The zero-order chi connectivity index (χ0) is 24.0. The molecule has 1 N–H and O–H groups in total. The number of hydrogen-bond donors (Lipinski definition) is 1. The Morgan fingerprint density at radius 2 is 1.76 bits per heavy atom. The highest BCUT2D eigenvalue weighted by Gasteiger charge is 2.48. The molecule has 5 rings (SSSR count). The Morgan fingerprint density at radius 3 is 2.44 bits per heavy atom. The maximum absolute atomic E-state index is 13.3. The number of aliphatic hydroxyl groups excluding tert-OH is 1. The van der Waals surface area contributed by atoms with Gasteiger partial charge in [-0.25, -0.2) is 4.98 Å². The monoisotopic (exact) mass is 490 g/mol. The first-order valence-electron chi connectivity index (χ1n) is 10.5. The van der Waals surface area contributed by atoms with E-state index < -0.39 is 17.7 Å². The van der Waals surface area contributed by atoms with E-state index in [0.717, 1.165) is 10.3 Å². The zero-order valence-corrected chi connectivity index (χ0v) is 19.9. The molecule has 0 radical (unpaired) electrons. The number of aromatic nitrogens is 1. The molecule has 1 aliphatic rings. The van der Waals surface area contributed by atoms with Gasteiger partial charge in [-0.15, -0.1) is 0 Å². The number of anilines is 1. The minimum Gasteiger partial charge on any atom is -0.507 e. The Balaban J connectivity index is 1.71. The molecule has 0 unspecified atom stereocenters. The minimum atomic E-state index is -0.835. The Morgan fingerprint density at radius 1 is 1.06 bits per heavy atom. The molecule has 3 aromatic carbocycles. The molecular weight excluding hydrogens is 472 g/mol. The minimum absolute atomic E-state index is 0.00742. The van der Waals surface area contributed by atoms with Crippen molar-refractivity contribution in [3.05, 3.63) is 94.0 Å². The van der Waals surface area contributed by atoms with E-state index in [4.69, 9.17) is 16.3 Å². The number of thiazole rings is 1. The molecule has 1 aliphatic heterocycles. The van der Waals surface area contributed by atoms with Crippen LogP contribution in [-0.2, 0) is 9.59 Å². The summed E-state index contributed by atoms with van der Waals surface area (Å²) in [6.45, 7) is 1.95. The lowest BCUT2D eigenvalue weighted by molar-refractivity contribution is -0.132. The van der Waals surface area contributed by atoms with Crippen LogP contribution in [0.5, 0.6) is 5.75 Å². The number of ketones is 1. The smallest absolute Gasteiger partial charge is 0.301 e. The highest BCUT2D eigenvalue weighted by Crippen LogP contribution is 2.44. The molecule has 6 nitrogen and oxygen atoms in total. The van der Waals surface area contributed by atoms with Crippen LogP contribution in [0.25, 0.3) is 16.0 Å².